The van der Waals surface area contributed by atoms with Gasteiger partial charge in [-0.25, -0.2) is 0 Å². The number of aliphatic hydroxyl groups excluding tert-OH is 1. The monoisotopic (exact) mass is 349 g/mol. The molecule has 0 radical (unpaired) electrons. The van der Waals surface area contributed by atoms with Crippen molar-refractivity contribution in [3.05, 3.63) is 23.7 Å². The smallest absolute Gasteiger partial charge is 0.416 e. The number of alkyl halides is 5. The number of hydrogen-bond donors (Lipinski definition) is 1. The highest BCUT2D eigenvalue weighted by molar-refractivity contribution is 5.61. The molecule has 1 aromatic heterocycles. The average molecular weight is 349 g/mol. The summed E-state index contributed by atoms with van der Waals surface area (Å²) in [5.41, 5.74) is 0.110. The lowest BCUT2D eigenvalue weighted by molar-refractivity contribution is -0.210. The second kappa shape index (κ2) is 5.73. The minimum atomic E-state index is -4.79. The number of anilines is 1. The number of halogens is 5. The predicted octanol–water partition coefficient (Wildman–Crippen LogP) is 2.98. The summed E-state index contributed by atoms with van der Waals surface area (Å²) in [5, 5.41) is 9.64. The molecule has 2 aliphatic rings. The van der Waals surface area contributed by atoms with Gasteiger partial charge in [0.25, 0.3) is 0 Å². The van der Waals surface area contributed by atoms with E-state index in [0.717, 1.165) is 12.3 Å². The number of piperidine rings is 1. The highest BCUT2D eigenvalue weighted by Gasteiger charge is 2.60. The SMILES string of the molecule is [C-]#[N+]c1ncc(N2CC3CC3C2C(O)C(F)(F)F)cc1OC(F)F. The first kappa shape index (κ1) is 16.7. The van der Waals surface area contributed by atoms with Gasteiger partial charge in [0, 0.05) is 6.54 Å². The summed E-state index contributed by atoms with van der Waals surface area (Å²) < 4.78 is 67.7. The second-order valence-electron chi connectivity index (χ2n) is 5.79. The molecule has 3 rings (SSSR count). The second-order valence-corrected chi connectivity index (χ2v) is 5.79. The molecule has 0 aromatic carbocycles. The van der Waals surface area contributed by atoms with Crippen LogP contribution in [-0.4, -0.2) is 41.6 Å². The number of pyridine rings is 1. The zero-order valence-corrected chi connectivity index (χ0v) is 12.0. The van der Waals surface area contributed by atoms with E-state index in [9.17, 15) is 27.1 Å². The van der Waals surface area contributed by atoms with E-state index in [1.165, 1.54) is 4.90 Å². The fourth-order valence-corrected chi connectivity index (χ4v) is 3.23. The Labute approximate surface area is 133 Å². The van der Waals surface area contributed by atoms with Gasteiger partial charge in [-0.1, -0.05) is 6.57 Å². The number of aromatic nitrogens is 1. The van der Waals surface area contributed by atoms with E-state index in [-0.39, 0.29) is 24.1 Å². The average Bonchev–Trinajstić information content (AvgIpc) is 3.16. The standard InChI is InChI=1S/C14H12F5N3O2/c1-20-12-9(24-13(15)16)3-7(4-21-12)22-5-6-2-8(6)10(22)11(23)14(17,18)19/h3-4,6,8,10-11,13,23H,2,5H2. The van der Waals surface area contributed by atoms with E-state index < -0.39 is 36.5 Å². The van der Waals surface area contributed by atoms with Crippen LogP contribution in [0.5, 0.6) is 5.75 Å². The third-order valence-corrected chi connectivity index (χ3v) is 4.34. The van der Waals surface area contributed by atoms with Crippen molar-refractivity contribution < 1.29 is 31.8 Å². The van der Waals surface area contributed by atoms with Crippen LogP contribution in [0.1, 0.15) is 6.42 Å². The molecule has 130 valence electrons. The molecule has 5 nitrogen and oxygen atoms in total. The third-order valence-electron chi connectivity index (χ3n) is 4.34. The van der Waals surface area contributed by atoms with Crippen molar-refractivity contribution in [2.24, 2.45) is 11.8 Å². The molecule has 4 atom stereocenters. The highest BCUT2D eigenvalue weighted by Crippen LogP contribution is 2.53. The summed E-state index contributed by atoms with van der Waals surface area (Å²) >= 11 is 0. The van der Waals surface area contributed by atoms with E-state index in [0.29, 0.717) is 6.42 Å². The quantitative estimate of drug-likeness (QED) is 0.671. The molecule has 1 aliphatic carbocycles. The molecule has 4 unspecified atom stereocenters. The molecule has 24 heavy (non-hydrogen) atoms. The van der Waals surface area contributed by atoms with Gasteiger partial charge in [-0.2, -0.15) is 22.0 Å². The molecule has 0 bridgehead atoms. The number of ether oxygens (including phenoxy) is 1. The molecule has 0 spiro atoms. The maximum absolute atomic E-state index is 12.9. The van der Waals surface area contributed by atoms with Crippen LogP contribution >= 0.6 is 0 Å². The summed E-state index contributed by atoms with van der Waals surface area (Å²) in [7, 11) is 0. The maximum Gasteiger partial charge on any atom is 0.416 e. The van der Waals surface area contributed by atoms with Crippen molar-refractivity contribution in [1.29, 1.82) is 0 Å². The molecule has 1 saturated heterocycles. The van der Waals surface area contributed by atoms with Gasteiger partial charge >= 0.3 is 18.6 Å². The lowest BCUT2D eigenvalue weighted by Gasteiger charge is -2.33. The molecule has 1 saturated carbocycles. The molecule has 1 N–H and O–H groups in total. The van der Waals surface area contributed by atoms with Crippen LogP contribution in [0, 0.1) is 18.4 Å². The van der Waals surface area contributed by atoms with Gasteiger partial charge in [-0.3, -0.25) is 0 Å². The third kappa shape index (κ3) is 2.96. The van der Waals surface area contributed by atoms with E-state index in [1.54, 1.807) is 0 Å². The summed E-state index contributed by atoms with van der Waals surface area (Å²) in [5.74, 6) is -1.19. The Morgan fingerprint density at radius 1 is 1.42 bits per heavy atom. The summed E-state index contributed by atoms with van der Waals surface area (Å²) in [4.78, 5) is 7.92. The van der Waals surface area contributed by atoms with Crippen molar-refractivity contribution in [1.82, 2.24) is 4.98 Å². The first-order valence-electron chi connectivity index (χ1n) is 7.06. The summed E-state index contributed by atoms with van der Waals surface area (Å²) in [6, 6.07) is -0.136. The minimum Gasteiger partial charge on any atom is -0.445 e. The first-order chi connectivity index (χ1) is 11.2. The first-order valence-corrected chi connectivity index (χ1v) is 7.06. The van der Waals surface area contributed by atoms with Crippen molar-refractivity contribution in [3.8, 4) is 5.75 Å². The predicted molar refractivity (Wildman–Crippen MR) is 71.9 cm³/mol. The molecule has 1 aliphatic heterocycles. The van der Waals surface area contributed by atoms with Gasteiger partial charge in [-0.05, 0) is 24.3 Å². The Morgan fingerprint density at radius 2 is 2.12 bits per heavy atom. The number of nitrogens with zero attached hydrogens (tertiary/aromatic N) is 3. The Balaban J connectivity index is 1.92. The molecule has 2 heterocycles. The fourth-order valence-electron chi connectivity index (χ4n) is 3.23. The van der Waals surface area contributed by atoms with Crippen LogP contribution in [0.2, 0.25) is 0 Å². The minimum absolute atomic E-state index is 0.0204. The molecular formula is C14H12F5N3O2. The zero-order chi connectivity index (χ0) is 17.6. The Hall–Kier alpha value is -2.15. The molecule has 0 amide bonds. The topological polar surface area (TPSA) is 50.0 Å². The van der Waals surface area contributed by atoms with Crippen molar-refractivity contribution >= 4 is 11.5 Å². The van der Waals surface area contributed by atoms with Gasteiger partial charge in [0.2, 0.25) is 0 Å². The fraction of sp³-hybridized carbons (Fsp3) is 0.571. The van der Waals surface area contributed by atoms with Crippen molar-refractivity contribution in [2.75, 3.05) is 11.4 Å². The number of aliphatic hydroxyl groups is 1. The molecule has 1 aromatic rings. The van der Waals surface area contributed by atoms with Crippen LogP contribution < -0.4 is 9.64 Å². The van der Waals surface area contributed by atoms with Crippen molar-refractivity contribution in [3.63, 3.8) is 0 Å². The molecule has 10 heteroatoms. The van der Waals surface area contributed by atoms with E-state index in [1.807, 2.05) is 0 Å². The van der Waals surface area contributed by atoms with Crippen LogP contribution in [0.15, 0.2) is 12.3 Å². The van der Waals surface area contributed by atoms with Gasteiger partial charge in [0.05, 0.1) is 11.7 Å². The Bertz CT molecular complexity index is 675. The van der Waals surface area contributed by atoms with Gasteiger partial charge in [-0.15, -0.1) is 4.98 Å². The highest BCUT2D eigenvalue weighted by atomic mass is 19.4. The van der Waals surface area contributed by atoms with E-state index >= 15 is 0 Å². The van der Waals surface area contributed by atoms with Crippen molar-refractivity contribution in [2.45, 2.75) is 31.4 Å². The number of rotatable bonds is 4. The molecule has 2 fully saturated rings. The largest absolute Gasteiger partial charge is 0.445 e. The van der Waals surface area contributed by atoms with Gasteiger partial charge in [0.15, 0.2) is 11.9 Å². The summed E-state index contributed by atoms with van der Waals surface area (Å²) in [6.07, 6.45) is -5.61. The maximum atomic E-state index is 12.9. The number of hydrogen-bond acceptors (Lipinski definition) is 4. The van der Waals surface area contributed by atoms with E-state index in [4.69, 9.17) is 6.57 Å². The lowest BCUT2D eigenvalue weighted by Crippen LogP contribution is -2.49. The normalized spacial score (nSPS) is 26.9. The lowest BCUT2D eigenvalue weighted by atomic mass is 10.1. The molecular weight excluding hydrogens is 337 g/mol. The van der Waals surface area contributed by atoms with Gasteiger partial charge in [0.1, 0.15) is 6.20 Å². The van der Waals surface area contributed by atoms with Crippen LogP contribution in [0.3, 0.4) is 0 Å². The van der Waals surface area contributed by atoms with E-state index in [2.05, 4.69) is 14.6 Å². The van der Waals surface area contributed by atoms with Gasteiger partial charge < -0.3 is 19.6 Å². The van der Waals surface area contributed by atoms with Crippen LogP contribution in [0.4, 0.5) is 33.5 Å². The summed E-state index contributed by atoms with van der Waals surface area (Å²) in [6.45, 7) is 3.94. The van der Waals surface area contributed by atoms with Crippen LogP contribution in [0.25, 0.3) is 4.85 Å². The van der Waals surface area contributed by atoms with Crippen LogP contribution in [-0.2, 0) is 0 Å². The Kier molecular flexibility index (Phi) is 3.99. The zero-order valence-electron chi connectivity index (χ0n) is 12.0. The number of fused-ring (bicyclic) bond motifs is 1. The Morgan fingerprint density at radius 3 is 2.71 bits per heavy atom.